The SMILES string of the molecule is CC(C)CC(=O)NC[C@@H]1CCCC[C@@H]1C(=O)O. The van der Waals surface area contributed by atoms with Crippen LogP contribution in [0.4, 0.5) is 0 Å². The molecule has 17 heavy (non-hydrogen) atoms. The second-order valence-corrected chi connectivity index (χ2v) is 5.39. The van der Waals surface area contributed by atoms with Gasteiger partial charge in [-0.15, -0.1) is 0 Å². The van der Waals surface area contributed by atoms with Gasteiger partial charge in [-0.2, -0.15) is 0 Å². The van der Waals surface area contributed by atoms with Crippen molar-refractivity contribution in [1.82, 2.24) is 5.32 Å². The molecule has 98 valence electrons. The van der Waals surface area contributed by atoms with Gasteiger partial charge >= 0.3 is 5.97 Å². The van der Waals surface area contributed by atoms with Crippen molar-refractivity contribution < 1.29 is 14.7 Å². The Labute approximate surface area is 103 Å². The summed E-state index contributed by atoms with van der Waals surface area (Å²) >= 11 is 0. The summed E-state index contributed by atoms with van der Waals surface area (Å²) in [5.41, 5.74) is 0. The van der Waals surface area contributed by atoms with Gasteiger partial charge in [0.2, 0.25) is 5.91 Å². The summed E-state index contributed by atoms with van der Waals surface area (Å²) in [4.78, 5) is 22.6. The molecule has 0 aromatic heterocycles. The molecule has 0 spiro atoms. The van der Waals surface area contributed by atoms with Crippen molar-refractivity contribution in [2.24, 2.45) is 17.8 Å². The standard InChI is InChI=1S/C13H23NO3/c1-9(2)7-12(15)14-8-10-5-3-4-6-11(10)13(16)17/h9-11H,3-8H2,1-2H3,(H,14,15)(H,16,17)/t10-,11-/m0/s1. The van der Waals surface area contributed by atoms with E-state index < -0.39 is 5.97 Å². The first-order valence-electron chi connectivity index (χ1n) is 6.50. The molecule has 1 rings (SSSR count). The third-order valence-electron chi connectivity index (χ3n) is 3.38. The maximum Gasteiger partial charge on any atom is 0.306 e. The Bertz CT molecular complexity index is 276. The summed E-state index contributed by atoms with van der Waals surface area (Å²) < 4.78 is 0. The van der Waals surface area contributed by atoms with Crippen LogP contribution < -0.4 is 5.32 Å². The zero-order valence-corrected chi connectivity index (χ0v) is 10.7. The van der Waals surface area contributed by atoms with Gasteiger partial charge in [0.25, 0.3) is 0 Å². The van der Waals surface area contributed by atoms with E-state index in [0.29, 0.717) is 18.9 Å². The molecule has 0 heterocycles. The lowest BCUT2D eigenvalue weighted by atomic mass is 9.79. The molecule has 1 fully saturated rings. The van der Waals surface area contributed by atoms with E-state index in [1.165, 1.54) is 0 Å². The first kappa shape index (κ1) is 14.0. The fourth-order valence-electron chi connectivity index (χ4n) is 2.46. The van der Waals surface area contributed by atoms with Crippen molar-refractivity contribution in [3.05, 3.63) is 0 Å². The third kappa shape index (κ3) is 4.75. The Kier molecular flexibility index (Phi) is 5.45. The van der Waals surface area contributed by atoms with Gasteiger partial charge in [0.05, 0.1) is 5.92 Å². The van der Waals surface area contributed by atoms with Crippen molar-refractivity contribution in [3.63, 3.8) is 0 Å². The highest BCUT2D eigenvalue weighted by Gasteiger charge is 2.30. The molecule has 0 unspecified atom stereocenters. The Morgan fingerprint density at radius 3 is 2.53 bits per heavy atom. The number of aliphatic carboxylic acids is 1. The first-order chi connectivity index (χ1) is 8.00. The highest BCUT2D eigenvalue weighted by atomic mass is 16.4. The van der Waals surface area contributed by atoms with E-state index in [4.69, 9.17) is 5.11 Å². The Morgan fingerprint density at radius 2 is 1.94 bits per heavy atom. The lowest BCUT2D eigenvalue weighted by Crippen LogP contribution is -2.37. The minimum absolute atomic E-state index is 0.0368. The van der Waals surface area contributed by atoms with E-state index >= 15 is 0 Å². The van der Waals surface area contributed by atoms with E-state index in [-0.39, 0.29) is 17.7 Å². The van der Waals surface area contributed by atoms with Crippen molar-refractivity contribution >= 4 is 11.9 Å². The molecule has 4 heteroatoms. The quantitative estimate of drug-likeness (QED) is 0.774. The molecular formula is C13H23NO3. The van der Waals surface area contributed by atoms with Crippen LogP contribution in [0.1, 0.15) is 46.0 Å². The fourth-order valence-corrected chi connectivity index (χ4v) is 2.46. The normalized spacial score (nSPS) is 24.6. The van der Waals surface area contributed by atoms with E-state index in [9.17, 15) is 9.59 Å². The number of rotatable bonds is 5. The van der Waals surface area contributed by atoms with Crippen LogP contribution in [0.3, 0.4) is 0 Å². The summed E-state index contributed by atoms with van der Waals surface area (Å²) in [6.07, 6.45) is 4.26. The monoisotopic (exact) mass is 241 g/mol. The van der Waals surface area contributed by atoms with Gasteiger partial charge in [-0.1, -0.05) is 26.7 Å². The fraction of sp³-hybridized carbons (Fsp3) is 0.846. The number of amides is 1. The summed E-state index contributed by atoms with van der Waals surface area (Å²) in [7, 11) is 0. The minimum Gasteiger partial charge on any atom is -0.481 e. The maximum atomic E-state index is 11.5. The zero-order chi connectivity index (χ0) is 12.8. The first-order valence-corrected chi connectivity index (χ1v) is 6.50. The summed E-state index contributed by atoms with van der Waals surface area (Å²) in [6.45, 7) is 4.52. The van der Waals surface area contributed by atoms with Gasteiger partial charge in [0.1, 0.15) is 0 Å². The zero-order valence-electron chi connectivity index (χ0n) is 10.7. The van der Waals surface area contributed by atoms with Crippen LogP contribution in [-0.4, -0.2) is 23.5 Å². The molecule has 0 bridgehead atoms. The Balaban J connectivity index is 2.38. The maximum absolute atomic E-state index is 11.5. The predicted molar refractivity (Wildman–Crippen MR) is 65.5 cm³/mol. The van der Waals surface area contributed by atoms with Gasteiger partial charge in [-0.3, -0.25) is 9.59 Å². The molecule has 0 aliphatic heterocycles. The number of hydrogen-bond donors (Lipinski definition) is 2. The van der Waals surface area contributed by atoms with Crippen LogP contribution in [0.25, 0.3) is 0 Å². The summed E-state index contributed by atoms with van der Waals surface area (Å²) in [6, 6.07) is 0. The molecule has 1 aliphatic rings. The number of carboxylic acid groups (broad SMARTS) is 1. The lowest BCUT2D eigenvalue weighted by Gasteiger charge is -2.28. The Hall–Kier alpha value is -1.06. The average molecular weight is 241 g/mol. The molecule has 0 radical (unpaired) electrons. The third-order valence-corrected chi connectivity index (χ3v) is 3.38. The average Bonchev–Trinajstić information content (AvgIpc) is 2.25. The van der Waals surface area contributed by atoms with Crippen LogP contribution in [0.5, 0.6) is 0 Å². The van der Waals surface area contributed by atoms with Gasteiger partial charge in [0.15, 0.2) is 0 Å². The van der Waals surface area contributed by atoms with Crippen LogP contribution in [0.2, 0.25) is 0 Å². The molecule has 1 amide bonds. The summed E-state index contributed by atoms with van der Waals surface area (Å²) in [5.74, 6) is -0.500. The van der Waals surface area contributed by atoms with Gasteiger partial charge in [-0.25, -0.2) is 0 Å². The van der Waals surface area contributed by atoms with Gasteiger partial charge in [0, 0.05) is 13.0 Å². The number of carbonyl (C=O) groups is 2. The number of carbonyl (C=O) groups excluding carboxylic acids is 1. The van der Waals surface area contributed by atoms with Crippen LogP contribution in [0.15, 0.2) is 0 Å². The highest BCUT2D eigenvalue weighted by molar-refractivity contribution is 5.76. The van der Waals surface area contributed by atoms with Crippen molar-refractivity contribution in [2.45, 2.75) is 46.0 Å². The van der Waals surface area contributed by atoms with Crippen LogP contribution >= 0.6 is 0 Å². The van der Waals surface area contributed by atoms with Gasteiger partial charge in [-0.05, 0) is 24.7 Å². The Morgan fingerprint density at radius 1 is 1.29 bits per heavy atom. The molecule has 2 atom stereocenters. The van der Waals surface area contributed by atoms with E-state index in [0.717, 1.165) is 25.7 Å². The molecule has 0 aromatic rings. The van der Waals surface area contributed by atoms with Crippen molar-refractivity contribution in [3.8, 4) is 0 Å². The minimum atomic E-state index is -0.715. The second-order valence-electron chi connectivity index (χ2n) is 5.39. The highest BCUT2D eigenvalue weighted by Crippen LogP contribution is 2.29. The predicted octanol–water partition coefficient (Wildman–Crippen LogP) is 2.04. The molecule has 1 aliphatic carbocycles. The van der Waals surface area contributed by atoms with Crippen molar-refractivity contribution in [1.29, 1.82) is 0 Å². The number of hydrogen-bond acceptors (Lipinski definition) is 2. The molecule has 2 N–H and O–H groups in total. The molecule has 0 saturated heterocycles. The molecule has 0 aromatic carbocycles. The number of carboxylic acids is 1. The van der Waals surface area contributed by atoms with Gasteiger partial charge < -0.3 is 10.4 Å². The van der Waals surface area contributed by atoms with E-state index in [1.807, 2.05) is 13.8 Å². The molecular weight excluding hydrogens is 218 g/mol. The second kappa shape index (κ2) is 6.62. The smallest absolute Gasteiger partial charge is 0.306 e. The van der Waals surface area contributed by atoms with Crippen LogP contribution in [-0.2, 0) is 9.59 Å². The van der Waals surface area contributed by atoms with E-state index in [1.54, 1.807) is 0 Å². The van der Waals surface area contributed by atoms with Crippen molar-refractivity contribution in [2.75, 3.05) is 6.54 Å². The van der Waals surface area contributed by atoms with E-state index in [2.05, 4.69) is 5.32 Å². The van der Waals surface area contributed by atoms with Crippen LogP contribution in [0, 0.1) is 17.8 Å². The molecule has 4 nitrogen and oxygen atoms in total. The topological polar surface area (TPSA) is 66.4 Å². The lowest BCUT2D eigenvalue weighted by molar-refractivity contribution is -0.145. The molecule has 1 saturated carbocycles. The largest absolute Gasteiger partial charge is 0.481 e. The number of nitrogens with one attached hydrogen (secondary N) is 1. The summed E-state index contributed by atoms with van der Waals surface area (Å²) in [5, 5.41) is 12.0.